The van der Waals surface area contributed by atoms with Gasteiger partial charge in [0.25, 0.3) is 0 Å². The number of ether oxygens (including phenoxy) is 1. The quantitative estimate of drug-likeness (QED) is 0.569. The first-order valence-electron chi connectivity index (χ1n) is 6.49. The van der Waals surface area contributed by atoms with Crippen molar-refractivity contribution in [3.05, 3.63) is 0 Å². The number of nitrogens with one attached hydrogen (secondary N) is 1. The van der Waals surface area contributed by atoms with Crippen molar-refractivity contribution in [2.45, 2.75) is 13.0 Å². The van der Waals surface area contributed by atoms with Crippen LogP contribution in [0.1, 0.15) is 6.92 Å². The third kappa shape index (κ3) is 5.54. The molecule has 7 nitrogen and oxygen atoms in total. The Labute approximate surface area is 113 Å². The predicted octanol–water partition coefficient (Wildman–Crippen LogP) is -1.16. The van der Waals surface area contributed by atoms with E-state index in [4.69, 9.17) is 9.84 Å². The Bertz CT molecular complexity index is 303. The number of aliphatic carboxylic acids is 1. The largest absolute Gasteiger partial charge is 0.480 e. The van der Waals surface area contributed by atoms with Crippen LogP contribution in [0.5, 0.6) is 0 Å². The topological polar surface area (TPSA) is 82.1 Å². The standard InChI is InChI=1S/C12H23N3O4/c1-10(12(17)18)15-6-4-14(5-7-15)9-11(16)13-3-8-19-2/h10H,3-9H2,1-2H3,(H,13,16)(H,17,18). The summed E-state index contributed by atoms with van der Waals surface area (Å²) in [5.41, 5.74) is 0. The molecule has 0 aromatic heterocycles. The van der Waals surface area contributed by atoms with Gasteiger partial charge in [0.05, 0.1) is 13.2 Å². The fraction of sp³-hybridized carbons (Fsp3) is 0.833. The van der Waals surface area contributed by atoms with E-state index in [-0.39, 0.29) is 5.91 Å². The van der Waals surface area contributed by atoms with Crippen LogP contribution in [0.3, 0.4) is 0 Å². The fourth-order valence-corrected chi connectivity index (χ4v) is 2.02. The van der Waals surface area contributed by atoms with Gasteiger partial charge in [-0.05, 0) is 6.92 Å². The van der Waals surface area contributed by atoms with E-state index in [1.807, 2.05) is 9.80 Å². The first kappa shape index (κ1) is 15.9. The lowest BCUT2D eigenvalue weighted by Crippen LogP contribution is -2.53. The minimum absolute atomic E-state index is 0.0169. The minimum atomic E-state index is -0.800. The average Bonchev–Trinajstić information content (AvgIpc) is 2.39. The second-order valence-electron chi connectivity index (χ2n) is 4.67. The predicted molar refractivity (Wildman–Crippen MR) is 70.0 cm³/mol. The van der Waals surface area contributed by atoms with E-state index >= 15 is 0 Å². The molecule has 1 saturated heterocycles. The van der Waals surface area contributed by atoms with Gasteiger partial charge in [-0.25, -0.2) is 0 Å². The summed E-state index contributed by atoms with van der Waals surface area (Å²) in [6.07, 6.45) is 0. The van der Waals surface area contributed by atoms with Crippen molar-refractivity contribution < 1.29 is 19.4 Å². The monoisotopic (exact) mass is 273 g/mol. The molecule has 110 valence electrons. The lowest BCUT2D eigenvalue weighted by atomic mass is 10.2. The van der Waals surface area contributed by atoms with E-state index in [0.717, 1.165) is 13.1 Å². The van der Waals surface area contributed by atoms with Crippen molar-refractivity contribution in [3.63, 3.8) is 0 Å². The zero-order chi connectivity index (χ0) is 14.3. The van der Waals surface area contributed by atoms with Crippen molar-refractivity contribution in [2.24, 2.45) is 0 Å². The summed E-state index contributed by atoms with van der Waals surface area (Å²) in [4.78, 5) is 26.4. The van der Waals surface area contributed by atoms with E-state index in [1.54, 1.807) is 14.0 Å². The highest BCUT2D eigenvalue weighted by Gasteiger charge is 2.25. The van der Waals surface area contributed by atoms with Gasteiger partial charge in [-0.3, -0.25) is 19.4 Å². The van der Waals surface area contributed by atoms with Gasteiger partial charge in [0.2, 0.25) is 5.91 Å². The van der Waals surface area contributed by atoms with Gasteiger partial charge in [0.1, 0.15) is 6.04 Å². The van der Waals surface area contributed by atoms with Gasteiger partial charge in [0, 0.05) is 39.8 Å². The van der Waals surface area contributed by atoms with Crippen LogP contribution < -0.4 is 5.32 Å². The van der Waals surface area contributed by atoms with E-state index in [9.17, 15) is 9.59 Å². The van der Waals surface area contributed by atoms with Crippen LogP contribution in [0.4, 0.5) is 0 Å². The molecule has 1 amide bonds. The number of rotatable bonds is 7. The molecule has 0 aromatic carbocycles. The van der Waals surface area contributed by atoms with Crippen molar-refractivity contribution in [2.75, 3.05) is 53.0 Å². The summed E-state index contributed by atoms with van der Waals surface area (Å²) in [5, 5.41) is 11.7. The number of carboxylic acids is 1. The summed E-state index contributed by atoms with van der Waals surface area (Å²) < 4.78 is 4.85. The Morgan fingerprint density at radius 2 is 1.95 bits per heavy atom. The summed E-state index contributed by atoms with van der Waals surface area (Å²) in [7, 11) is 1.59. The lowest BCUT2D eigenvalue weighted by Gasteiger charge is -2.36. The molecule has 1 rings (SSSR count). The molecule has 2 N–H and O–H groups in total. The van der Waals surface area contributed by atoms with Crippen LogP contribution >= 0.6 is 0 Å². The Hall–Kier alpha value is -1.18. The van der Waals surface area contributed by atoms with Gasteiger partial charge >= 0.3 is 5.97 Å². The molecule has 0 aromatic rings. The zero-order valence-corrected chi connectivity index (χ0v) is 11.6. The zero-order valence-electron chi connectivity index (χ0n) is 11.6. The van der Waals surface area contributed by atoms with E-state index in [1.165, 1.54) is 0 Å². The molecule has 19 heavy (non-hydrogen) atoms. The smallest absolute Gasteiger partial charge is 0.320 e. The van der Waals surface area contributed by atoms with Crippen molar-refractivity contribution >= 4 is 11.9 Å². The molecule has 1 unspecified atom stereocenters. The molecule has 1 aliphatic heterocycles. The van der Waals surface area contributed by atoms with Gasteiger partial charge in [-0.2, -0.15) is 0 Å². The highest BCUT2D eigenvalue weighted by atomic mass is 16.5. The fourth-order valence-electron chi connectivity index (χ4n) is 2.02. The molecule has 1 atom stereocenters. The number of nitrogens with zero attached hydrogens (tertiary/aromatic N) is 2. The number of carbonyl (C=O) groups is 2. The second-order valence-corrected chi connectivity index (χ2v) is 4.67. The Balaban J connectivity index is 2.22. The third-order valence-electron chi connectivity index (χ3n) is 3.31. The molecular formula is C12H23N3O4. The van der Waals surface area contributed by atoms with Crippen molar-refractivity contribution in [1.82, 2.24) is 15.1 Å². The lowest BCUT2D eigenvalue weighted by molar-refractivity contribution is -0.143. The number of carbonyl (C=O) groups excluding carboxylic acids is 1. The van der Waals surface area contributed by atoms with E-state index in [2.05, 4.69) is 5.32 Å². The first-order valence-corrected chi connectivity index (χ1v) is 6.49. The highest BCUT2D eigenvalue weighted by Crippen LogP contribution is 2.06. The Morgan fingerprint density at radius 1 is 1.32 bits per heavy atom. The number of methoxy groups -OCH3 is 1. The first-order chi connectivity index (χ1) is 9.04. The molecule has 7 heteroatoms. The average molecular weight is 273 g/mol. The number of hydrogen-bond acceptors (Lipinski definition) is 5. The molecule has 1 aliphatic rings. The molecule has 0 radical (unpaired) electrons. The highest BCUT2D eigenvalue weighted by molar-refractivity contribution is 5.78. The second kappa shape index (κ2) is 8.08. The van der Waals surface area contributed by atoms with Gasteiger partial charge < -0.3 is 15.2 Å². The van der Waals surface area contributed by atoms with E-state index < -0.39 is 12.0 Å². The van der Waals surface area contributed by atoms with Crippen molar-refractivity contribution in [1.29, 1.82) is 0 Å². The normalized spacial score (nSPS) is 19.1. The summed E-state index contributed by atoms with van der Waals surface area (Å²) in [5.74, 6) is -0.817. The third-order valence-corrected chi connectivity index (χ3v) is 3.31. The number of carboxylic acid groups (broad SMARTS) is 1. The Morgan fingerprint density at radius 3 is 2.47 bits per heavy atom. The van der Waals surface area contributed by atoms with E-state index in [0.29, 0.717) is 32.8 Å². The van der Waals surface area contributed by atoms with Crippen LogP contribution in [-0.2, 0) is 14.3 Å². The van der Waals surface area contributed by atoms with Crippen LogP contribution in [0.15, 0.2) is 0 Å². The molecule has 0 bridgehead atoms. The van der Waals surface area contributed by atoms with Gasteiger partial charge in [-0.15, -0.1) is 0 Å². The minimum Gasteiger partial charge on any atom is -0.480 e. The molecule has 0 saturated carbocycles. The number of hydrogen-bond donors (Lipinski definition) is 2. The van der Waals surface area contributed by atoms with Crippen LogP contribution in [0.25, 0.3) is 0 Å². The number of amides is 1. The van der Waals surface area contributed by atoms with Gasteiger partial charge in [-0.1, -0.05) is 0 Å². The summed E-state index contributed by atoms with van der Waals surface area (Å²) >= 11 is 0. The van der Waals surface area contributed by atoms with Crippen LogP contribution in [-0.4, -0.2) is 85.8 Å². The maximum atomic E-state index is 11.6. The molecule has 1 fully saturated rings. The molecule has 1 heterocycles. The molecular weight excluding hydrogens is 250 g/mol. The SMILES string of the molecule is COCCNC(=O)CN1CCN(C(C)C(=O)O)CC1. The van der Waals surface area contributed by atoms with Crippen molar-refractivity contribution in [3.8, 4) is 0 Å². The van der Waals surface area contributed by atoms with Crippen LogP contribution in [0.2, 0.25) is 0 Å². The summed E-state index contributed by atoms with van der Waals surface area (Å²) in [6, 6.07) is -0.460. The Kier molecular flexibility index (Phi) is 6.75. The number of piperazine rings is 1. The summed E-state index contributed by atoms with van der Waals surface area (Å²) in [6.45, 7) is 5.87. The molecule has 0 spiro atoms. The maximum Gasteiger partial charge on any atom is 0.320 e. The van der Waals surface area contributed by atoms with Crippen LogP contribution in [0, 0.1) is 0 Å². The maximum absolute atomic E-state index is 11.6. The van der Waals surface area contributed by atoms with Gasteiger partial charge in [0.15, 0.2) is 0 Å². The molecule has 0 aliphatic carbocycles.